The van der Waals surface area contributed by atoms with Crippen LogP contribution < -0.4 is 0 Å². The van der Waals surface area contributed by atoms with E-state index >= 15 is 0 Å². The van der Waals surface area contributed by atoms with Crippen molar-refractivity contribution in [2.45, 2.75) is 45.9 Å². The zero-order valence-corrected chi connectivity index (χ0v) is 12.0. The fourth-order valence-electron chi connectivity index (χ4n) is 2.00. The molecule has 21 heavy (non-hydrogen) atoms. The SMILES string of the molecule is CCc1nc(CC)n(CC(O)Cn2cc([N+](=O)[O-])cn2)n1. The summed E-state index contributed by atoms with van der Waals surface area (Å²) >= 11 is 0. The molecular weight excluding hydrogens is 276 g/mol. The largest absolute Gasteiger partial charge is 0.389 e. The van der Waals surface area contributed by atoms with Crippen LogP contribution in [0.3, 0.4) is 0 Å². The van der Waals surface area contributed by atoms with E-state index < -0.39 is 11.0 Å². The van der Waals surface area contributed by atoms with Gasteiger partial charge in [-0.15, -0.1) is 0 Å². The van der Waals surface area contributed by atoms with Crippen LogP contribution in [0.15, 0.2) is 12.4 Å². The van der Waals surface area contributed by atoms with Gasteiger partial charge in [0.05, 0.1) is 24.1 Å². The van der Waals surface area contributed by atoms with Crippen molar-refractivity contribution in [1.82, 2.24) is 24.5 Å². The lowest BCUT2D eigenvalue weighted by atomic mass is 10.3. The summed E-state index contributed by atoms with van der Waals surface area (Å²) in [5, 5.41) is 28.8. The molecule has 114 valence electrons. The molecule has 2 aromatic rings. The van der Waals surface area contributed by atoms with E-state index in [1.54, 1.807) is 4.68 Å². The molecule has 0 radical (unpaired) electrons. The summed E-state index contributed by atoms with van der Waals surface area (Å²) in [5.74, 6) is 1.56. The quantitative estimate of drug-likeness (QED) is 0.590. The number of nitro groups is 1. The topological polar surface area (TPSA) is 112 Å². The third-order valence-corrected chi connectivity index (χ3v) is 3.04. The lowest BCUT2D eigenvalue weighted by Crippen LogP contribution is -2.24. The maximum Gasteiger partial charge on any atom is 0.306 e. The van der Waals surface area contributed by atoms with E-state index in [9.17, 15) is 15.2 Å². The first-order valence-electron chi connectivity index (χ1n) is 6.81. The summed E-state index contributed by atoms with van der Waals surface area (Å²) in [4.78, 5) is 14.4. The van der Waals surface area contributed by atoms with E-state index in [2.05, 4.69) is 15.2 Å². The van der Waals surface area contributed by atoms with E-state index in [0.717, 1.165) is 30.7 Å². The fraction of sp³-hybridized carbons (Fsp3) is 0.583. The number of aliphatic hydroxyl groups excluding tert-OH is 1. The minimum atomic E-state index is -0.749. The number of nitrogens with zero attached hydrogens (tertiary/aromatic N) is 6. The molecule has 9 nitrogen and oxygen atoms in total. The van der Waals surface area contributed by atoms with Gasteiger partial charge in [-0.1, -0.05) is 13.8 Å². The predicted octanol–water partition coefficient (Wildman–Crippen LogP) is 0.569. The van der Waals surface area contributed by atoms with Crippen LogP contribution in [-0.4, -0.2) is 40.7 Å². The Labute approximate surface area is 121 Å². The van der Waals surface area contributed by atoms with Crippen molar-refractivity contribution < 1.29 is 10.0 Å². The third kappa shape index (κ3) is 3.63. The van der Waals surface area contributed by atoms with E-state index in [4.69, 9.17) is 0 Å². The Morgan fingerprint density at radius 2 is 2.14 bits per heavy atom. The van der Waals surface area contributed by atoms with Crippen LogP contribution in [0.25, 0.3) is 0 Å². The number of hydrogen-bond donors (Lipinski definition) is 1. The average molecular weight is 294 g/mol. The van der Waals surface area contributed by atoms with Gasteiger partial charge >= 0.3 is 5.69 Å². The molecule has 0 saturated heterocycles. The van der Waals surface area contributed by atoms with Gasteiger partial charge in [-0.25, -0.2) is 9.67 Å². The molecule has 1 N–H and O–H groups in total. The normalized spacial score (nSPS) is 12.5. The van der Waals surface area contributed by atoms with E-state index in [1.807, 2.05) is 13.8 Å². The Hall–Kier alpha value is -2.29. The summed E-state index contributed by atoms with van der Waals surface area (Å²) in [6, 6.07) is 0. The summed E-state index contributed by atoms with van der Waals surface area (Å²) in [6.45, 7) is 4.39. The molecule has 0 aliphatic carbocycles. The van der Waals surface area contributed by atoms with Gasteiger partial charge in [0.25, 0.3) is 0 Å². The first-order valence-corrected chi connectivity index (χ1v) is 6.81. The molecule has 9 heteroatoms. The molecule has 0 saturated carbocycles. The molecule has 2 aromatic heterocycles. The van der Waals surface area contributed by atoms with Crippen LogP contribution in [-0.2, 0) is 25.9 Å². The molecular formula is C12H18N6O3. The Morgan fingerprint density at radius 1 is 1.38 bits per heavy atom. The smallest absolute Gasteiger partial charge is 0.306 e. The molecule has 0 aromatic carbocycles. The zero-order chi connectivity index (χ0) is 15.4. The highest BCUT2D eigenvalue weighted by Crippen LogP contribution is 2.09. The van der Waals surface area contributed by atoms with Crippen molar-refractivity contribution in [3.05, 3.63) is 34.2 Å². The highest BCUT2D eigenvalue weighted by Gasteiger charge is 2.15. The second-order valence-electron chi connectivity index (χ2n) is 4.66. The van der Waals surface area contributed by atoms with Crippen LogP contribution in [0.1, 0.15) is 25.5 Å². The van der Waals surface area contributed by atoms with Crippen molar-refractivity contribution in [3.8, 4) is 0 Å². The number of aliphatic hydroxyl groups is 1. The summed E-state index contributed by atoms with van der Waals surface area (Å²) in [7, 11) is 0. The Bertz CT molecular complexity index is 620. The van der Waals surface area contributed by atoms with Gasteiger partial charge in [-0.05, 0) is 0 Å². The minimum absolute atomic E-state index is 0.0922. The number of aryl methyl sites for hydroxylation is 2. The van der Waals surface area contributed by atoms with Crippen LogP contribution in [0.5, 0.6) is 0 Å². The Kier molecular flexibility index (Phi) is 4.63. The lowest BCUT2D eigenvalue weighted by molar-refractivity contribution is -0.385. The maximum atomic E-state index is 10.6. The predicted molar refractivity (Wildman–Crippen MR) is 73.7 cm³/mol. The van der Waals surface area contributed by atoms with Gasteiger partial charge in [0, 0.05) is 12.8 Å². The van der Waals surface area contributed by atoms with Crippen molar-refractivity contribution >= 4 is 5.69 Å². The zero-order valence-electron chi connectivity index (χ0n) is 12.0. The third-order valence-electron chi connectivity index (χ3n) is 3.04. The van der Waals surface area contributed by atoms with Gasteiger partial charge < -0.3 is 5.11 Å². The average Bonchev–Trinajstić information content (AvgIpc) is 3.05. The van der Waals surface area contributed by atoms with E-state index in [0.29, 0.717) is 0 Å². The second kappa shape index (κ2) is 6.44. The van der Waals surface area contributed by atoms with Crippen LogP contribution in [0, 0.1) is 10.1 Å². The highest BCUT2D eigenvalue weighted by atomic mass is 16.6. The molecule has 0 spiro atoms. The first-order chi connectivity index (χ1) is 10.0. The van der Waals surface area contributed by atoms with E-state index in [-0.39, 0.29) is 18.8 Å². The Balaban J connectivity index is 2.02. The number of rotatable bonds is 7. The fourth-order valence-corrected chi connectivity index (χ4v) is 2.00. The second-order valence-corrected chi connectivity index (χ2v) is 4.66. The monoisotopic (exact) mass is 294 g/mol. The van der Waals surface area contributed by atoms with Gasteiger partial charge in [0.1, 0.15) is 18.2 Å². The van der Waals surface area contributed by atoms with Gasteiger partial charge in [0.15, 0.2) is 5.82 Å². The van der Waals surface area contributed by atoms with Crippen LogP contribution in [0.2, 0.25) is 0 Å². The molecule has 0 amide bonds. The molecule has 2 heterocycles. The molecule has 1 atom stereocenters. The van der Waals surface area contributed by atoms with Crippen LogP contribution in [0.4, 0.5) is 5.69 Å². The van der Waals surface area contributed by atoms with Gasteiger partial charge in [-0.3, -0.25) is 14.8 Å². The Morgan fingerprint density at radius 3 is 2.71 bits per heavy atom. The summed E-state index contributed by atoms with van der Waals surface area (Å²) in [6.07, 6.45) is 3.17. The first kappa shape index (κ1) is 15.1. The van der Waals surface area contributed by atoms with Gasteiger partial charge in [-0.2, -0.15) is 10.2 Å². The van der Waals surface area contributed by atoms with Crippen molar-refractivity contribution in [2.24, 2.45) is 0 Å². The van der Waals surface area contributed by atoms with Crippen LogP contribution >= 0.6 is 0 Å². The summed E-state index contributed by atoms with van der Waals surface area (Å²) < 4.78 is 3.04. The van der Waals surface area contributed by atoms with E-state index in [1.165, 1.54) is 10.9 Å². The van der Waals surface area contributed by atoms with Crippen molar-refractivity contribution in [1.29, 1.82) is 0 Å². The van der Waals surface area contributed by atoms with Crippen molar-refractivity contribution in [2.75, 3.05) is 0 Å². The lowest BCUT2D eigenvalue weighted by Gasteiger charge is -2.11. The maximum absolute atomic E-state index is 10.6. The molecule has 1 unspecified atom stereocenters. The number of hydrogen-bond acceptors (Lipinski definition) is 6. The van der Waals surface area contributed by atoms with Crippen molar-refractivity contribution in [3.63, 3.8) is 0 Å². The highest BCUT2D eigenvalue weighted by molar-refractivity contribution is 5.20. The molecule has 0 aliphatic rings. The number of aromatic nitrogens is 5. The molecule has 0 fully saturated rings. The standard InChI is InChI=1S/C12H18N6O3/c1-3-11-14-12(4-2)17(15-11)8-10(19)7-16-6-9(5-13-16)18(20)21/h5-6,10,19H,3-4,7-8H2,1-2H3. The molecule has 0 aliphatic heterocycles. The molecule has 0 bridgehead atoms. The minimum Gasteiger partial charge on any atom is -0.389 e. The molecule has 2 rings (SSSR count). The summed E-state index contributed by atoms with van der Waals surface area (Å²) in [5.41, 5.74) is -0.0922. The van der Waals surface area contributed by atoms with Gasteiger partial charge in [0.2, 0.25) is 0 Å².